The highest BCUT2D eigenvalue weighted by molar-refractivity contribution is 8.26. The summed E-state index contributed by atoms with van der Waals surface area (Å²) >= 11 is 6.50. The van der Waals surface area contributed by atoms with E-state index in [0.717, 1.165) is 27.8 Å². The smallest absolute Gasteiger partial charge is 0.266 e. The second-order valence-corrected chi connectivity index (χ2v) is 8.64. The molecule has 2 aliphatic rings. The van der Waals surface area contributed by atoms with Crippen molar-refractivity contribution in [1.29, 1.82) is 0 Å². The third-order valence-corrected chi connectivity index (χ3v) is 6.23. The van der Waals surface area contributed by atoms with Crippen molar-refractivity contribution in [2.75, 3.05) is 4.90 Å². The molecule has 0 saturated carbocycles. The average molecular weight is 435 g/mol. The van der Waals surface area contributed by atoms with Crippen LogP contribution in [0.25, 0.3) is 6.08 Å². The number of carbonyl (C=O) groups excluding carboxylic acids is 3. The zero-order valence-electron chi connectivity index (χ0n) is 16.1. The molecule has 2 aromatic rings. The average Bonchev–Trinajstić information content (AvgIpc) is 3.18. The van der Waals surface area contributed by atoms with Crippen LogP contribution in [0.15, 0.2) is 71.7 Å². The van der Waals surface area contributed by atoms with Crippen LogP contribution in [0.5, 0.6) is 0 Å². The third-order valence-electron chi connectivity index (χ3n) is 4.89. The van der Waals surface area contributed by atoms with E-state index in [1.54, 1.807) is 24.3 Å². The maximum absolute atomic E-state index is 13.0. The number of rotatable bonds is 4. The van der Waals surface area contributed by atoms with Crippen LogP contribution >= 0.6 is 24.0 Å². The summed E-state index contributed by atoms with van der Waals surface area (Å²) in [6.07, 6.45) is 5.27. The van der Waals surface area contributed by atoms with Gasteiger partial charge in [0.25, 0.3) is 11.8 Å². The Kier molecular flexibility index (Phi) is 5.65. The Morgan fingerprint density at radius 1 is 1.03 bits per heavy atom. The van der Waals surface area contributed by atoms with E-state index in [1.165, 1.54) is 4.90 Å². The first-order chi connectivity index (χ1) is 14.5. The number of imide groups is 1. The summed E-state index contributed by atoms with van der Waals surface area (Å²) in [6, 6.07) is 15.9. The number of thiocarbonyl (C=S) groups is 1. The Morgan fingerprint density at radius 3 is 2.43 bits per heavy atom. The van der Waals surface area contributed by atoms with Crippen molar-refractivity contribution in [3.63, 3.8) is 0 Å². The topological polar surface area (TPSA) is 57.7 Å². The largest absolute Gasteiger partial charge is 0.280 e. The summed E-state index contributed by atoms with van der Waals surface area (Å²) in [5.41, 5.74) is 2.54. The maximum atomic E-state index is 13.0. The summed E-state index contributed by atoms with van der Waals surface area (Å²) in [5.74, 6) is -1.11. The van der Waals surface area contributed by atoms with Gasteiger partial charge in [-0.2, -0.15) is 0 Å². The molecule has 30 heavy (non-hydrogen) atoms. The number of nitrogens with zero attached hydrogens (tertiary/aromatic N) is 2. The SMILES string of the molecule is Cc1ccc(N2C(=O)C[C@@H](N3C(=O)/C(=C/C=C/c4ccccc4)SC3=S)C2=O)cc1. The second kappa shape index (κ2) is 8.38. The Hall–Kier alpha value is -3.03. The zero-order chi connectivity index (χ0) is 21.3. The zero-order valence-corrected chi connectivity index (χ0v) is 17.8. The van der Waals surface area contributed by atoms with E-state index in [0.29, 0.717) is 10.6 Å². The highest BCUT2D eigenvalue weighted by atomic mass is 32.2. The number of amides is 3. The van der Waals surface area contributed by atoms with Crippen molar-refractivity contribution in [3.8, 4) is 0 Å². The standard InChI is InChI=1S/C23H18N2O3S2/c1-15-10-12-17(13-11-15)24-20(26)14-18(21(24)27)25-22(28)19(30-23(25)29)9-5-8-16-6-3-2-4-7-16/h2-13,18H,14H2,1H3/b8-5+,19-9-/t18-/m1/s1. The van der Waals surface area contributed by atoms with Crippen LogP contribution in [0, 0.1) is 6.92 Å². The number of carbonyl (C=O) groups is 3. The second-order valence-electron chi connectivity index (χ2n) is 6.97. The molecule has 1 atom stereocenters. The number of hydrogen-bond acceptors (Lipinski definition) is 5. The minimum Gasteiger partial charge on any atom is -0.280 e. The van der Waals surface area contributed by atoms with E-state index < -0.39 is 11.9 Å². The molecule has 2 aliphatic heterocycles. The van der Waals surface area contributed by atoms with Crippen LogP contribution in [-0.4, -0.2) is 33.0 Å². The molecule has 0 aliphatic carbocycles. The lowest BCUT2D eigenvalue weighted by Gasteiger charge is -2.21. The van der Waals surface area contributed by atoms with E-state index in [9.17, 15) is 14.4 Å². The van der Waals surface area contributed by atoms with Gasteiger partial charge in [0.15, 0.2) is 0 Å². The van der Waals surface area contributed by atoms with Gasteiger partial charge in [-0.25, -0.2) is 4.90 Å². The lowest BCUT2D eigenvalue weighted by molar-refractivity contribution is -0.130. The van der Waals surface area contributed by atoms with E-state index in [4.69, 9.17) is 12.2 Å². The van der Waals surface area contributed by atoms with Crippen LogP contribution in [0.1, 0.15) is 17.5 Å². The molecule has 2 aromatic carbocycles. The van der Waals surface area contributed by atoms with Crippen molar-refractivity contribution >= 4 is 57.8 Å². The fourth-order valence-electron chi connectivity index (χ4n) is 3.36. The molecule has 3 amide bonds. The van der Waals surface area contributed by atoms with Gasteiger partial charge in [-0.15, -0.1) is 0 Å². The summed E-state index contributed by atoms with van der Waals surface area (Å²) in [5, 5.41) is 0. The molecular formula is C23H18N2O3S2. The predicted octanol–water partition coefficient (Wildman–Crippen LogP) is 4.08. The molecule has 150 valence electrons. The molecule has 7 heteroatoms. The van der Waals surface area contributed by atoms with Crippen LogP contribution in [0.3, 0.4) is 0 Å². The van der Waals surface area contributed by atoms with Gasteiger partial charge in [-0.05, 0) is 30.7 Å². The number of thioether (sulfide) groups is 1. The molecule has 2 saturated heterocycles. The summed E-state index contributed by atoms with van der Waals surface area (Å²) in [7, 11) is 0. The van der Waals surface area contributed by atoms with Gasteiger partial charge in [-0.1, -0.05) is 84.2 Å². The van der Waals surface area contributed by atoms with Crippen LogP contribution in [0.2, 0.25) is 0 Å². The fraction of sp³-hybridized carbons (Fsp3) is 0.130. The highest BCUT2D eigenvalue weighted by Gasteiger charge is 2.48. The van der Waals surface area contributed by atoms with Gasteiger partial charge in [0.05, 0.1) is 17.0 Å². The van der Waals surface area contributed by atoms with E-state index in [2.05, 4.69) is 0 Å². The third kappa shape index (κ3) is 3.86. The summed E-state index contributed by atoms with van der Waals surface area (Å²) < 4.78 is 0.288. The number of hydrogen-bond donors (Lipinski definition) is 0. The number of aryl methyl sites for hydroxylation is 1. The highest BCUT2D eigenvalue weighted by Crippen LogP contribution is 2.36. The molecule has 0 unspecified atom stereocenters. The fourth-order valence-corrected chi connectivity index (χ4v) is 4.66. The molecule has 0 aromatic heterocycles. The normalized spacial score (nSPS) is 21.0. The van der Waals surface area contributed by atoms with E-state index in [1.807, 2.05) is 55.5 Å². The van der Waals surface area contributed by atoms with Crippen molar-refractivity contribution in [2.45, 2.75) is 19.4 Å². The van der Waals surface area contributed by atoms with Crippen LogP contribution in [0.4, 0.5) is 5.69 Å². The van der Waals surface area contributed by atoms with Crippen LogP contribution in [-0.2, 0) is 14.4 Å². The lowest BCUT2D eigenvalue weighted by atomic mass is 10.2. The number of allylic oxidation sites excluding steroid dienone is 2. The number of anilines is 1. The summed E-state index contributed by atoms with van der Waals surface area (Å²) in [4.78, 5) is 41.3. The van der Waals surface area contributed by atoms with E-state index in [-0.39, 0.29) is 22.6 Å². The Labute approximate surface area is 184 Å². The van der Waals surface area contributed by atoms with E-state index >= 15 is 0 Å². The van der Waals surface area contributed by atoms with Gasteiger partial charge in [0, 0.05) is 0 Å². The predicted molar refractivity (Wildman–Crippen MR) is 123 cm³/mol. The molecule has 0 spiro atoms. The molecule has 5 nitrogen and oxygen atoms in total. The molecule has 2 fully saturated rings. The maximum Gasteiger partial charge on any atom is 0.266 e. The first-order valence-corrected chi connectivity index (χ1v) is 10.6. The molecule has 0 radical (unpaired) electrons. The van der Waals surface area contributed by atoms with Gasteiger partial charge in [0.1, 0.15) is 10.4 Å². The Morgan fingerprint density at radius 2 is 1.73 bits per heavy atom. The molecule has 4 rings (SSSR count). The molecule has 0 N–H and O–H groups in total. The minimum atomic E-state index is -0.907. The van der Waals surface area contributed by atoms with Crippen molar-refractivity contribution in [2.24, 2.45) is 0 Å². The van der Waals surface area contributed by atoms with Gasteiger partial charge in [0.2, 0.25) is 5.91 Å². The van der Waals surface area contributed by atoms with Crippen molar-refractivity contribution in [1.82, 2.24) is 4.90 Å². The van der Waals surface area contributed by atoms with Gasteiger partial charge < -0.3 is 0 Å². The van der Waals surface area contributed by atoms with Gasteiger partial charge >= 0.3 is 0 Å². The van der Waals surface area contributed by atoms with Crippen LogP contribution < -0.4 is 4.90 Å². The Balaban J connectivity index is 1.53. The first kappa shape index (κ1) is 20.3. The monoisotopic (exact) mass is 434 g/mol. The minimum absolute atomic E-state index is 0.0771. The van der Waals surface area contributed by atoms with Crippen molar-refractivity contribution in [3.05, 3.63) is 82.8 Å². The lowest BCUT2D eigenvalue weighted by Crippen LogP contribution is -2.44. The van der Waals surface area contributed by atoms with Gasteiger partial charge in [-0.3, -0.25) is 19.3 Å². The Bertz CT molecular complexity index is 1090. The first-order valence-electron chi connectivity index (χ1n) is 9.38. The van der Waals surface area contributed by atoms with Crippen molar-refractivity contribution < 1.29 is 14.4 Å². The molecular weight excluding hydrogens is 416 g/mol. The summed E-state index contributed by atoms with van der Waals surface area (Å²) in [6.45, 7) is 1.93. The molecule has 2 heterocycles. The number of benzene rings is 2. The molecule has 0 bridgehead atoms. The quantitative estimate of drug-likeness (QED) is 0.412.